The minimum absolute atomic E-state index is 0.00974. The number of carbonyl (C=O) groups is 4. The molecular weight excluding hydrogens is 883 g/mol. The first kappa shape index (κ1) is 50.0. The number of nitrogens with one attached hydrogen (secondary N) is 1. The summed E-state index contributed by atoms with van der Waals surface area (Å²) in [5, 5.41) is 57.9. The molecular formula is C46H59N3O18. The van der Waals surface area contributed by atoms with E-state index in [2.05, 4.69) is 5.32 Å². The van der Waals surface area contributed by atoms with Gasteiger partial charge in [0.2, 0.25) is 5.91 Å². The molecule has 4 aliphatic rings. The molecule has 4 aliphatic heterocycles. The lowest BCUT2D eigenvalue weighted by molar-refractivity contribution is -0.347. The molecule has 0 saturated carbocycles. The second kappa shape index (κ2) is 20.3. The van der Waals surface area contributed by atoms with Crippen molar-refractivity contribution < 1.29 is 82.6 Å². The zero-order valence-corrected chi connectivity index (χ0v) is 38.3. The van der Waals surface area contributed by atoms with E-state index in [0.717, 1.165) is 11.1 Å². The number of benzene rings is 1. The Morgan fingerprint density at radius 1 is 0.955 bits per heavy atom. The second-order valence-electron chi connectivity index (χ2n) is 17.6. The van der Waals surface area contributed by atoms with Crippen molar-refractivity contribution >= 4 is 34.7 Å². The van der Waals surface area contributed by atoms with Gasteiger partial charge in [-0.3, -0.25) is 14.4 Å². The number of ether oxygens (including phenoxy) is 8. The molecule has 0 unspecified atom stereocenters. The number of hydrogen-bond donors (Lipinski definition) is 6. The van der Waals surface area contributed by atoms with Crippen molar-refractivity contribution in [2.75, 3.05) is 13.2 Å². The standard InChI is InChI=1S/C46H59N3O18/c1-8-24-25-15-23(12-13-29(25)48-33-26(24)17-49-30(33)16-28-27(41(49)56)19-61-45(58)46(28,59)9-2)64-32(52)11-10-14-60-42(57)40-39(36(54)37(55)44(67-40)63-21(5)6)66-43-34(47-22(7)51)38(62-20(3)4)35(53)31(18-50)65-43/h12-13,15-16,20-21,31,34-40,43-44,50,53-55,59H,8-11,14,17-19H2,1-7H3,(H,47,51)/t31-,34-,35-,36-,37-,38-,39+,40+,43+,44-,46+/m1/s1. The van der Waals surface area contributed by atoms with Crippen molar-refractivity contribution in [1.29, 1.82) is 0 Å². The van der Waals surface area contributed by atoms with Crippen LogP contribution in [0.3, 0.4) is 0 Å². The van der Waals surface area contributed by atoms with Crippen LogP contribution in [-0.2, 0) is 77.5 Å². The minimum Gasteiger partial charge on any atom is -0.464 e. The van der Waals surface area contributed by atoms with Crippen LogP contribution in [0.2, 0.25) is 0 Å². The van der Waals surface area contributed by atoms with Gasteiger partial charge < -0.3 is 73.3 Å². The van der Waals surface area contributed by atoms with Gasteiger partial charge in [-0.1, -0.05) is 13.8 Å². The number of aliphatic hydroxyl groups is 5. The number of pyridine rings is 2. The maximum absolute atomic E-state index is 13.7. The number of fused-ring (bicyclic) bond motifs is 5. The number of esters is 3. The summed E-state index contributed by atoms with van der Waals surface area (Å²) in [6, 6.07) is 5.35. The van der Waals surface area contributed by atoms with Crippen molar-refractivity contribution in [3.63, 3.8) is 0 Å². The highest BCUT2D eigenvalue weighted by atomic mass is 16.7. The van der Waals surface area contributed by atoms with E-state index in [0.29, 0.717) is 28.7 Å². The first-order chi connectivity index (χ1) is 31.8. The predicted molar refractivity (Wildman–Crippen MR) is 231 cm³/mol. The smallest absolute Gasteiger partial charge is 0.343 e. The van der Waals surface area contributed by atoms with Gasteiger partial charge in [0.1, 0.15) is 55.0 Å². The lowest BCUT2D eigenvalue weighted by Crippen LogP contribution is -2.68. The molecule has 6 N–H and O–H groups in total. The van der Waals surface area contributed by atoms with Crippen LogP contribution >= 0.6 is 0 Å². The van der Waals surface area contributed by atoms with E-state index < -0.39 is 110 Å². The van der Waals surface area contributed by atoms with Crippen LogP contribution in [-0.4, -0.2) is 146 Å². The number of aryl methyl sites for hydroxylation is 1. The number of carbonyl (C=O) groups excluding carboxylic acids is 4. The van der Waals surface area contributed by atoms with Gasteiger partial charge in [-0.05, 0) is 76.8 Å². The number of rotatable bonds is 16. The van der Waals surface area contributed by atoms with E-state index in [-0.39, 0.29) is 61.5 Å². The van der Waals surface area contributed by atoms with Crippen molar-refractivity contribution in [1.82, 2.24) is 14.9 Å². The summed E-state index contributed by atoms with van der Waals surface area (Å²) < 4.78 is 47.2. The van der Waals surface area contributed by atoms with E-state index in [1.807, 2.05) is 6.92 Å². The molecule has 1 amide bonds. The average molecular weight is 942 g/mol. The van der Waals surface area contributed by atoms with Gasteiger partial charge in [-0.2, -0.15) is 0 Å². The number of nitrogens with zero attached hydrogens (tertiary/aromatic N) is 2. The van der Waals surface area contributed by atoms with E-state index in [4.69, 9.17) is 42.9 Å². The fourth-order valence-electron chi connectivity index (χ4n) is 9.02. The highest BCUT2D eigenvalue weighted by Gasteiger charge is 2.54. The molecule has 11 atom stereocenters. The minimum atomic E-state index is -1.96. The van der Waals surface area contributed by atoms with Crippen molar-refractivity contribution in [3.05, 3.63) is 56.9 Å². The van der Waals surface area contributed by atoms with Crippen LogP contribution in [0.4, 0.5) is 0 Å². The Bertz CT molecular complexity index is 2420. The predicted octanol–water partition coefficient (Wildman–Crippen LogP) is 0.504. The number of cyclic esters (lactones) is 1. The number of amides is 1. The second-order valence-corrected chi connectivity index (χ2v) is 17.6. The van der Waals surface area contributed by atoms with E-state index >= 15 is 0 Å². The summed E-state index contributed by atoms with van der Waals surface area (Å²) >= 11 is 0. The zero-order valence-electron chi connectivity index (χ0n) is 38.3. The topological polar surface area (TPSA) is 290 Å². The zero-order chi connectivity index (χ0) is 48.6. The molecule has 21 nitrogen and oxygen atoms in total. The summed E-state index contributed by atoms with van der Waals surface area (Å²) in [6.07, 6.45) is -14.7. The fraction of sp³-hybridized carbons (Fsp3) is 0.609. The summed E-state index contributed by atoms with van der Waals surface area (Å²) in [5.74, 6) is -2.86. The molecule has 21 heteroatoms. The molecule has 0 bridgehead atoms. The maximum atomic E-state index is 13.7. The summed E-state index contributed by atoms with van der Waals surface area (Å²) in [5.41, 5.74) is 1.30. The number of aliphatic hydroxyl groups excluding tert-OH is 4. The molecule has 0 radical (unpaired) electrons. The number of aromatic nitrogens is 2. The summed E-state index contributed by atoms with van der Waals surface area (Å²) in [7, 11) is 0. The Morgan fingerprint density at radius 2 is 1.69 bits per heavy atom. The van der Waals surface area contributed by atoms with Crippen LogP contribution in [0.15, 0.2) is 29.1 Å². The van der Waals surface area contributed by atoms with Gasteiger partial charge in [0.05, 0.1) is 54.4 Å². The van der Waals surface area contributed by atoms with Crippen LogP contribution in [0.5, 0.6) is 5.75 Å². The van der Waals surface area contributed by atoms with Crippen LogP contribution in [0, 0.1) is 0 Å². The van der Waals surface area contributed by atoms with Crippen LogP contribution < -0.4 is 15.6 Å². The quantitative estimate of drug-likeness (QED) is 0.0507. The molecule has 2 saturated heterocycles. The first-order valence-corrected chi connectivity index (χ1v) is 22.5. The lowest BCUT2D eigenvalue weighted by Gasteiger charge is -2.48. The normalized spacial score (nSPS) is 29.0. The molecule has 6 heterocycles. The van der Waals surface area contributed by atoms with Gasteiger partial charge in [-0.25, -0.2) is 14.6 Å². The van der Waals surface area contributed by atoms with Crippen molar-refractivity contribution in [2.24, 2.45) is 0 Å². The first-order valence-electron chi connectivity index (χ1n) is 22.5. The molecule has 3 aromatic rings. The molecule has 2 aromatic heterocycles. The SMILES string of the molecule is CCc1c2c(nc3ccc(OC(=O)CCCOC(=O)[C@H]4O[C@@H](OC(C)C)[C@H](O)[C@@H](O)[C@@H]4O[C@@H]4O[C@H](CO)[C@@H](O)[C@H](OC(C)C)[C@H]4NC(C)=O)cc13)-c1cc3c(c(=O)n1C2)COC(=O)[C@]3(O)CC. The molecule has 2 fully saturated rings. The molecule has 7 rings (SSSR count). The van der Waals surface area contributed by atoms with Gasteiger partial charge in [-0.15, -0.1) is 0 Å². The lowest BCUT2D eigenvalue weighted by atomic mass is 9.86. The third kappa shape index (κ3) is 9.85. The van der Waals surface area contributed by atoms with Crippen molar-refractivity contribution in [2.45, 2.75) is 166 Å². The molecule has 0 aliphatic carbocycles. The van der Waals surface area contributed by atoms with Gasteiger partial charge >= 0.3 is 17.9 Å². The van der Waals surface area contributed by atoms with Gasteiger partial charge in [0.15, 0.2) is 24.3 Å². The largest absolute Gasteiger partial charge is 0.464 e. The molecule has 1 aromatic carbocycles. The molecule has 0 spiro atoms. The summed E-state index contributed by atoms with van der Waals surface area (Å²) in [6.45, 7) is 10.4. The third-order valence-electron chi connectivity index (χ3n) is 12.3. The third-order valence-corrected chi connectivity index (χ3v) is 12.3. The highest BCUT2D eigenvalue weighted by molar-refractivity contribution is 5.90. The van der Waals surface area contributed by atoms with E-state index in [9.17, 15) is 49.5 Å². The van der Waals surface area contributed by atoms with E-state index in [1.165, 1.54) is 6.92 Å². The Kier molecular flexibility index (Phi) is 15.2. The monoisotopic (exact) mass is 941 g/mol. The van der Waals surface area contributed by atoms with Crippen LogP contribution in [0.1, 0.15) is 90.0 Å². The van der Waals surface area contributed by atoms with Gasteiger partial charge in [0.25, 0.3) is 5.56 Å². The average Bonchev–Trinajstić information content (AvgIpc) is 3.65. The molecule has 366 valence electrons. The Hall–Kier alpha value is -4.94. The fourth-order valence-corrected chi connectivity index (χ4v) is 9.02. The van der Waals surface area contributed by atoms with Gasteiger partial charge in [0, 0.05) is 29.9 Å². The van der Waals surface area contributed by atoms with E-state index in [1.54, 1.807) is 63.5 Å². The Labute approximate surface area is 385 Å². The van der Waals surface area contributed by atoms with Crippen molar-refractivity contribution in [3.8, 4) is 17.1 Å². The maximum Gasteiger partial charge on any atom is 0.343 e. The summed E-state index contributed by atoms with van der Waals surface area (Å²) in [4.78, 5) is 70.4. The Morgan fingerprint density at radius 3 is 2.34 bits per heavy atom. The Balaban J connectivity index is 1.03. The molecule has 67 heavy (non-hydrogen) atoms. The number of hydrogen-bond acceptors (Lipinski definition) is 19. The highest BCUT2D eigenvalue weighted by Crippen LogP contribution is 2.41. The van der Waals surface area contributed by atoms with Crippen LogP contribution in [0.25, 0.3) is 22.3 Å².